The second kappa shape index (κ2) is 12.7. The van der Waals surface area contributed by atoms with Crippen molar-refractivity contribution in [2.75, 3.05) is 32.5 Å². The highest BCUT2D eigenvalue weighted by atomic mass is 127. The fourth-order valence-electron chi connectivity index (χ4n) is 2.83. The lowest BCUT2D eigenvalue weighted by Crippen LogP contribution is -2.42. The Morgan fingerprint density at radius 1 is 1.27 bits per heavy atom. The summed E-state index contributed by atoms with van der Waals surface area (Å²) in [4.78, 5) is 3.95. The molecule has 0 saturated carbocycles. The minimum Gasteiger partial charge on any atom is -0.377 e. The van der Waals surface area contributed by atoms with Crippen molar-refractivity contribution in [1.29, 1.82) is 0 Å². The molecule has 3 N–H and O–H groups in total. The van der Waals surface area contributed by atoms with Gasteiger partial charge in [-0.25, -0.2) is 13.1 Å². The predicted molar refractivity (Wildman–Crippen MR) is 120 cm³/mol. The van der Waals surface area contributed by atoms with Gasteiger partial charge < -0.3 is 15.4 Å². The molecule has 0 spiro atoms. The van der Waals surface area contributed by atoms with Crippen LogP contribution in [0.15, 0.2) is 29.3 Å². The minimum absolute atomic E-state index is 0. The fraction of sp³-hybridized carbons (Fsp3) is 0.611. The SMILES string of the molecule is CN=C(NCCS(=O)(=O)NCC1CCCCO1)NCc1cccc(C(F)(F)F)c1.I. The lowest BCUT2D eigenvalue weighted by Gasteiger charge is -2.22. The van der Waals surface area contributed by atoms with Crippen LogP contribution in [0.3, 0.4) is 0 Å². The van der Waals surface area contributed by atoms with E-state index >= 15 is 0 Å². The van der Waals surface area contributed by atoms with E-state index in [9.17, 15) is 21.6 Å². The van der Waals surface area contributed by atoms with Crippen LogP contribution in [0.1, 0.15) is 30.4 Å². The number of hydrogen-bond acceptors (Lipinski definition) is 4. The first kappa shape index (κ1) is 26.9. The summed E-state index contributed by atoms with van der Waals surface area (Å²) in [5, 5.41) is 5.72. The molecular formula is C18H28F3IN4O3S. The van der Waals surface area contributed by atoms with Gasteiger partial charge in [-0.1, -0.05) is 12.1 Å². The summed E-state index contributed by atoms with van der Waals surface area (Å²) >= 11 is 0. The predicted octanol–water partition coefficient (Wildman–Crippen LogP) is 2.48. The van der Waals surface area contributed by atoms with Gasteiger partial charge in [0.2, 0.25) is 10.0 Å². The van der Waals surface area contributed by atoms with Gasteiger partial charge in [-0.2, -0.15) is 13.2 Å². The van der Waals surface area contributed by atoms with Gasteiger partial charge in [-0.3, -0.25) is 4.99 Å². The molecule has 2 rings (SSSR count). The maximum absolute atomic E-state index is 12.8. The number of nitrogens with one attached hydrogen (secondary N) is 3. The first-order valence-electron chi connectivity index (χ1n) is 9.39. The Bertz CT molecular complexity index is 785. The van der Waals surface area contributed by atoms with E-state index in [0.717, 1.165) is 31.4 Å². The molecule has 30 heavy (non-hydrogen) atoms. The first-order valence-corrected chi connectivity index (χ1v) is 11.0. The van der Waals surface area contributed by atoms with Gasteiger partial charge in [0, 0.05) is 33.3 Å². The molecule has 1 aromatic carbocycles. The second-order valence-electron chi connectivity index (χ2n) is 6.71. The van der Waals surface area contributed by atoms with Crippen molar-refractivity contribution in [3.05, 3.63) is 35.4 Å². The van der Waals surface area contributed by atoms with Gasteiger partial charge in [-0.05, 0) is 37.0 Å². The summed E-state index contributed by atoms with van der Waals surface area (Å²) in [7, 11) is -1.98. The van der Waals surface area contributed by atoms with Crippen molar-refractivity contribution < 1.29 is 26.3 Å². The first-order chi connectivity index (χ1) is 13.7. The third-order valence-corrected chi connectivity index (χ3v) is 5.75. The number of nitrogens with zero attached hydrogens (tertiary/aromatic N) is 1. The topological polar surface area (TPSA) is 91.8 Å². The number of halogens is 4. The maximum atomic E-state index is 12.8. The molecule has 172 valence electrons. The summed E-state index contributed by atoms with van der Waals surface area (Å²) in [5.41, 5.74) is -0.289. The number of guanidine groups is 1. The van der Waals surface area contributed by atoms with E-state index in [1.165, 1.54) is 13.1 Å². The van der Waals surface area contributed by atoms with Crippen LogP contribution in [-0.2, 0) is 27.5 Å². The highest BCUT2D eigenvalue weighted by molar-refractivity contribution is 14.0. The molecule has 1 unspecified atom stereocenters. The molecule has 0 aromatic heterocycles. The van der Waals surface area contributed by atoms with Gasteiger partial charge in [0.25, 0.3) is 0 Å². The average molecular weight is 564 g/mol. The third-order valence-electron chi connectivity index (χ3n) is 4.41. The highest BCUT2D eigenvalue weighted by Gasteiger charge is 2.30. The number of hydrogen-bond donors (Lipinski definition) is 3. The quantitative estimate of drug-likeness (QED) is 0.257. The second-order valence-corrected chi connectivity index (χ2v) is 8.63. The summed E-state index contributed by atoms with van der Waals surface area (Å²) in [6.07, 6.45) is -1.62. The molecule has 0 amide bonds. The maximum Gasteiger partial charge on any atom is 0.416 e. The van der Waals surface area contributed by atoms with Crippen molar-refractivity contribution in [2.45, 2.75) is 38.1 Å². The number of alkyl halides is 3. The van der Waals surface area contributed by atoms with Crippen LogP contribution in [0.5, 0.6) is 0 Å². The molecular weight excluding hydrogens is 536 g/mol. The molecule has 1 saturated heterocycles. The number of sulfonamides is 1. The van der Waals surface area contributed by atoms with Crippen molar-refractivity contribution in [2.24, 2.45) is 4.99 Å². The van der Waals surface area contributed by atoms with Crippen LogP contribution in [0, 0.1) is 0 Å². The number of benzene rings is 1. The van der Waals surface area contributed by atoms with E-state index in [-0.39, 0.29) is 55.5 Å². The van der Waals surface area contributed by atoms with Crippen LogP contribution in [0.2, 0.25) is 0 Å². The molecule has 0 radical (unpaired) electrons. The molecule has 1 aliphatic rings. The average Bonchev–Trinajstić information content (AvgIpc) is 2.69. The number of ether oxygens (including phenoxy) is 1. The Morgan fingerprint density at radius 3 is 2.67 bits per heavy atom. The molecule has 1 atom stereocenters. The van der Waals surface area contributed by atoms with E-state index in [0.29, 0.717) is 18.1 Å². The van der Waals surface area contributed by atoms with Crippen LogP contribution in [0.4, 0.5) is 13.2 Å². The molecule has 7 nitrogen and oxygen atoms in total. The molecule has 0 bridgehead atoms. The van der Waals surface area contributed by atoms with Crippen molar-refractivity contribution in [1.82, 2.24) is 15.4 Å². The van der Waals surface area contributed by atoms with Crippen LogP contribution in [-0.4, -0.2) is 53.0 Å². The lowest BCUT2D eigenvalue weighted by molar-refractivity contribution is -0.137. The Hall–Kier alpha value is -1.12. The molecule has 1 aromatic rings. The summed E-state index contributed by atoms with van der Waals surface area (Å²) in [5.74, 6) is 0.137. The standard InChI is InChI=1S/C18H27F3N4O3S.HI/c1-22-17(24-12-14-5-4-6-15(11-14)18(19,20)21)23-8-10-29(26,27)25-13-16-7-2-3-9-28-16;/h4-6,11,16,25H,2-3,7-10,12-13H2,1H3,(H2,22,23,24);1H. The summed E-state index contributed by atoms with van der Waals surface area (Å²) < 4.78 is 70.5. The Balaban J connectivity index is 0.00000450. The minimum atomic E-state index is -4.40. The van der Waals surface area contributed by atoms with Gasteiger partial charge in [0.15, 0.2) is 5.96 Å². The molecule has 1 aliphatic heterocycles. The monoisotopic (exact) mass is 564 g/mol. The van der Waals surface area contributed by atoms with E-state index in [2.05, 4.69) is 20.3 Å². The van der Waals surface area contributed by atoms with Crippen molar-refractivity contribution in [3.63, 3.8) is 0 Å². The summed E-state index contributed by atoms with van der Waals surface area (Å²) in [6.45, 7) is 1.13. The Morgan fingerprint density at radius 2 is 2.03 bits per heavy atom. The molecule has 0 aliphatic carbocycles. The highest BCUT2D eigenvalue weighted by Crippen LogP contribution is 2.29. The van der Waals surface area contributed by atoms with E-state index in [1.54, 1.807) is 6.07 Å². The Labute approximate surface area is 192 Å². The number of aliphatic imine (C=N–C) groups is 1. The fourth-order valence-corrected chi connectivity index (χ4v) is 3.78. The third kappa shape index (κ3) is 9.79. The van der Waals surface area contributed by atoms with E-state index in [4.69, 9.17) is 4.74 Å². The van der Waals surface area contributed by atoms with Crippen molar-refractivity contribution >= 4 is 40.0 Å². The smallest absolute Gasteiger partial charge is 0.377 e. The zero-order chi connectivity index (χ0) is 21.3. The van der Waals surface area contributed by atoms with Gasteiger partial charge in [-0.15, -0.1) is 24.0 Å². The van der Waals surface area contributed by atoms with Crippen molar-refractivity contribution in [3.8, 4) is 0 Å². The zero-order valence-corrected chi connectivity index (χ0v) is 19.8. The molecule has 12 heteroatoms. The lowest BCUT2D eigenvalue weighted by atomic mass is 10.1. The molecule has 1 heterocycles. The summed E-state index contributed by atoms with van der Waals surface area (Å²) in [6, 6.07) is 4.97. The van der Waals surface area contributed by atoms with Gasteiger partial charge in [0.05, 0.1) is 17.4 Å². The van der Waals surface area contributed by atoms with E-state index in [1.807, 2.05) is 0 Å². The van der Waals surface area contributed by atoms with E-state index < -0.39 is 21.8 Å². The van der Waals surface area contributed by atoms with Crippen LogP contribution in [0.25, 0.3) is 0 Å². The normalized spacial score (nSPS) is 17.9. The Kier molecular flexibility index (Phi) is 11.4. The zero-order valence-electron chi connectivity index (χ0n) is 16.7. The van der Waals surface area contributed by atoms with Crippen LogP contribution < -0.4 is 15.4 Å². The van der Waals surface area contributed by atoms with Gasteiger partial charge in [0.1, 0.15) is 0 Å². The van der Waals surface area contributed by atoms with Crippen LogP contribution >= 0.6 is 24.0 Å². The number of rotatable bonds is 8. The largest absolute Gasteiger partial charge is 0.416 e. The van der Waals surface area contributed by atoms with Gasteiger partial charge >= 0.3 is 6.18 Å². The molecule has 1 fully saturated rings.